The Balaban J connectivity index is 1.94. The summed E-state index contributed by atoms with van der Waals surface area (Å²) >= 11 is 0. The molecule has 0 unspecified atom stereocenters. The lowest BCUT2D eigenvalue weighted by atomic mass is 10.2. The van der Waals surface area contributed by atoms with Gasteiger partial charge in [-0.3, -0.25) is 9.59 Å². The molecule has 3 rings (SSSR count). The van der Waals surface area contributed by atoms with E-state index >= 15 is 0 Å². The number of carbonyl (C=O) groups excluding carboxylic acids is 2. The number of aromatic nitrogens is 1. The Morgan fingerprint density at radius 1 is 1.35 bits per heavy atom. The Hall–Kier alpha value is -2.30. The number of nitrogens with two attached hydrogens (primary N) is 1. The lowest BCUT2D eigenvalue weighted by Crippen LogP contribution is -2.43. The molecule has 3 N–H and O–H groups in total. The number of H-pyrrole nitrogens is 1. The molecule has 0 aliphatic carbocycles. The number of aromatic amines is 1. The largest absolute Gasteiger partial charge is 0.368 e. The van der Waals surface area contributed by atoms with Gasteiger partial charge in [-0.1, -0.05) is 11.6 Å². The first kappa shape index (κ1) is 12.7. The maximum Gasteiger partial charge on any atom is 0.270 e. The molecule has 1 aliphatic rings. The summed E-state index contributed by atoms with van der Waals surface area (Å²) in [6.07, 6.45) is 1.47. The fraction of sp³-hybridized carbons (Fsp3) is 0.333. The molecule has 1 aromatic carbocycles. The first-order valence-electron chi connectivity index (χ1n) is 6.76. The van der Waals surface area contributed by atoms with Crippen LogP contribution < -0.4 is 5.73 Å². The molecule has 5 heteroatoms. The van der Waals surface area contributed by atoms with Gasteiger partial charge in [-0.25, -0.2) is 0 Å². The van der Waals surface area contributed by atoms with Gasteiger partial charge in [-0.15, -0.1) is 0 Å². The fourth-order valence-corrected chi connectivity index (χ4v) is 2.83. The Kier molecular flexibility index (Phi) is 2.97. The first-order valence-corrected chi connectivity index (χ1v) is 6.76. The number of hydrogen-bond donors (Lipinski definition) is 2. The number of rotatable bonds is 2. The van der Waals surface area contributed by atoms with Gasteiger partial charge in [0.25, 0.3) is 5.91 Å². The van der Waals surface area contributed by atoms with Crippen molar-refractivity contribution < 1.29 is 9.59 Å². The highest BCUT2D eigenvalue weighted by Gasteiger charge is 2.33. The van der Waals surface area contributed by atoms with Crippen LogP contribution in [0.5, 0.6) is 0 Å². The molecule has 1 aliphatic heterocycles. The van der Waals surface area contributed by atoms with Crippen LogP contribution in [0, 0.1) is 6.92 Å². The number of hydrogen-bond acceptors (Lipinski definition) is 2. The number of nitrogens with one attached hydrogen (secondary N) is 1. The first-order chi connectivity index (χ1) is 9.56. The quantitative estimate of drug-likeness (QED) is 0.869. The lowest BCUT2D eigenvalue weighted by molar-refractivity contribution is -0.121. The zero-order chi connectivity index (χ0) is 14.3. The predicted octanol–water partition coefficient (Wildman–Crippen LogP) is 1.57. The number of fused-ring (bicyclic) bond motifs is 1. The number of primary amides is 1. The summed E-state index contributed by atoms with van der Waals surface area (Å²) in [5, 5.41) is 1.00. The molecule has 1 saturated heterocycles. The number of benzene rings is 1. The standard InChI is InChI=1S/C15H17N3O2/c1-9-4-5-11-10(7-9)8-12(17-11)15(20)18-6-2-3-13(18)14(16)19/h4-5,7-8,13,17H,2-3,6H2,1H3,(H2,16,19)/t13-/m1/s1. The predicted molar refractivity (Wildman–Crippen MR) is 76.3 cm³/mol. The van der Waals surface area contributed by atoms with Crippen molar-refractivity contribution in [1.82, 2.24) is 9.88 Å². The molecular weight excluding hydrogens is 254 g/mol. The van der Waals surface area contributed by atoms with Crippen LogP contribution in [0.3, 0.4) is 0 Å². The van der Waals surface area contributed by atoms with Gasteiger partial charge in [0, 0.05) is 17.4 Å². The average Bonchev–Trinajstić information content (AvgIpc) is 3.03. The number of likely N-dealkylation sites (tertiary alicyclic amines) is 1. The van der Waals surface area contributed by atoms with Crippen molar-refractivity contribution in [2.45, 2.75) is 25.8 Å². The van der Waals surface area contributed by atoms with Gasteiger partial charge < -0.3 is 15.6 Å². The van der Waals surface area contributed by atoms with E-state index in [2.05, 4.69) is 4.98 Å². The SMILES string of the molecule is Cc1ccc2[nH]c(C(=O)N3CCC[C@@H]3C(N)=O)cc2c1. The molecule has 0 spiro atoms. The molecule has 2 aromatic rings. The van der Waals surface area contributed by atoms with Crippen LogP contribution in [0.2, 0.25) is 0 Å². The van der Waals surface area contributed by atoms with Crippen molar-refractivity contribution in [3.05, 3.63) is 35.5 Å². The van der Waals surface area contributed by atoms with Crippen LogP contribution in [0.1, 0.15) is 28.9 Å². The Morgan fingerprint density at radius 2 is 2.15 bits per heavy atom. The third kappa shape index (κ3) is 2.05. The van der Waals surface area contributed by atoms with Gasteiger partial charge in [-0.2, -0.15) is 0 Å². The van der Waals surface area contributed by atoms with Crippen LogP contribution in [0.15, 0.2) is 24.3 Å². The molecule has 5 nitrogen and oxygen atoms in total. The molecule has 1 atom stereocenters. The molecule has 2 amide bonds. The van der Waals surface area contributed by atoms with Crippen molar-refractivity contribution in [3.8, 4) is 0 Å². The molecule has 0 radical (unpaired) electrons. The summed E-state index contributed by atoms with van der Waals surface area (Å²) in [5.41, 5.74) is 7.94. The second kappa shape index (κ2) is 4.67. The Morgan fingerprint density at radius 3 is 2.90 bits per heavy atom. The summed E-state index contributed by atoms with van der Waals surface area (Å²) in [5.74, 6) is -0.581. The normalized spacial score (nSPS) is 18.6. The summed E-state index contributed by atoms with van der Waals surface area (Å²) in [4.78, 5) is 28.6. The highest BCUT2D eigenvalue weighted by atomic mass is 16.2. The molecule has 0 bridgehead atoms. The second-order valence-corrected chi connectivity index (χ2v) is 5.33. The fourth-order valence-electron chi connectivity index (χ4n) is 2.83. The van der Waals surface area contributed by atoms with Crippen molar-refractivity contribution in [3.63, 3.8) is 0 Å². The van der Waals surface area contributed by atoms with E-state index in [-0.39, 0.29) is 5.91 Å². The van der Waals surface area contributed by atoms with Gasteiger partial charge in [0.15, 0.2) is 0 Å². The van der Waals surface area contributed by atoms with Crippen molar-refractivity contribution in [1.29, 1.82) is 0 Å². The maximum absolute atomic E-state index is 12.5. The van der Waals surface area contributed by atoms with Crippen LogP contribution in [0.25, 0.3) is 10.9 Å². The number of amides is 2. The molecular formula is C15H17N3O2. The molecule has 104 valence electrons. The molecule has 1 fully saturated rings. The number of aryl methyl sites for hydroxylation is 1. The Labute approximate surface area is 116 Å². The topological polar surface area (TPSA) is 79.2 Å². The number of carbonyl (C=O) groups is 2. The summed E-state index contributed by atoms with van der Waals surface area (Å²) in [6.45, 7) is 2.60. The molecule has 2 heterocycles. The van der Waals surface area contributed by atoms with Gasteiger partial charge >= 0.3 is 0 Å². The number of nitrogens with zero attached hydrogens (tertiary/aromatic N) is 1. The maximum atomic E-state index is 12.5. The van der Waals surface area contributed by atoms with E-state index in [9.17, 15) is 9.59 Å². The van der Waals surface area contributed by atoms with Gasteiger partial charge in [-0.05, 0) is 38.0 Å². The van der Waals surface area contributed by atoms with Crippen LogP contribution in [0.4, 0.5) is 0 Å². The summed E-state index contributed by atoms with van der Waals surface area (Å²) in [7, 11) is 0. The van der Waals surface area contributed by atoms with Gasteiger partial charge in [0.2, 0.25) is 5.91 Å². The van der Waals surface area contributed by atoms with E-state index in [0.717, 1.165) is 22.9 Å². The van der Waals surface area contributed by atoms with Crippen molar-refractivity contribution in [2.75, 3.05) is 6.54 Å². The smallest absolute Gasteiger partial charge is 0.270 e. The second-order valence-electron chi connectivity index (χ2n) is 5.33. The third-order valence-electron chi connectivity index (χ3n) is 3.85. The summed E-state index contributed by atoms with van der Waals surface area (Å²) in [6, 6.07) is 7.33. The van der Waals surface area contributed by atoms with E-state index in [1.165, 1.54) is 0 Å². The zero-order valence-electron chi connectivity index (χ0n) is 11.3. The van der Waals surface area contributed by atoms with E-state index in [0.29, 0.717) is 18.7 Å². The van der Waals surface area contributed by atoms with E-state index in [1.54, 1.807) is 4.90 Å². The summed E-state index contributed by atoms with van der Waals surface area (Å²) < 4.78 is 0. The van der Waals surface area contributed by atoms with Crippen LogP contribution >= 0.6 is 0 Å². The zero-order valence-corrected chi connectivity index (χ0v) is 11.3. The monoisotopic (exact) mass is 271 g/mol. The Bertz CT molecular complexity index is 689. The lowest BCUT2D eigenvalue weighted by Gasteiger charge is -2.21. The van der Waals surface area contributed by atoms with E-state index in [4.69, 9.17) is 5.73 Å². The molecule has 0 saturated carbocycles. The molecule has 20 heavy (non-hydrogen) atoms. The van der Waals surface area contributed by atoms with Crippen LogP contribution in [-0.2, 0) is 4.79 Å². The minimum absolute atomic E-state index is 0.153. The highest BCUT2D eigenvalue weighted by molar-refractivity contribution is 6.00. The van der Waals surface area contributed by atoms with Crippen molar-refractivity contribution in [2.24, 2.45) is 5.73 Å². The third-order valence-corrected chi connectivity index (χ3v) is 3.85. The minimum atomic E-state index is -0.476. The van der Waals surface area contributed by atoms with Crippen molar-refractivity contribution >= 4 is 22.7 Å². The van der Waals surface area contributed by atoms with Gasteiger partial charge in [0.1, 0.15) is 11.7 Å². The van der Waals surface area contributed by atoms with Crippen LogP contribution in [-0.4, -0.2) is 34.3 Å². The average molecular weight is 271 g/mol. The van der Waals surface area contributed by atoms with E-state index in [1.807, 2.05) is 31.2 Å². The highest BCUT2D eigenvalue weighted by Crippen LogP contribution is 2.22. The minimum Gasteiger partial charge on any atom is -0.368 e. The van der Waals surface area contributed by atoms with Gasteiger partial charge in [0.05, 0.1) is 0 Å². The van der Waals surface area contributed by atoms with E-state index < -0.39 is 11.9 Å². The molecule has 1 aromatic heterocycles.